The normalized spacial score (nSPS) is 18.0. The molecule has 1 amide bonds. The van der Waals surface area contributed by atoms with Crippen molar-refractivity contribution in [1.29, 1.82) is 0 Å². The number of carbonyl (C=O) groups is 1. The van der Waals surface area contributed by atoms with Crippen LogP contribution in [-0.4, -0.2) is 57.4 Å². The van der Waals surface area contributed by atoms with Gasteiger partial charge in [0.15, 0.2) is 10.7 Å². The lowest BCUT2D eigenvalue weighted by Crippen LogP contribution is -2.30. The molecule has 1 unspecified atom stereocenters. The van der Waals surface area contributed by atoms with Crippen molar-refractivity contribution >= 4 is 44.1 Å². The summed E-state index contributed by atoms with van der Waals surface area (Å²) < 4.78 is 53.3. The van der Waals surface area contributed by atoms with E-state index in [2.05, 4.69) is 24.7 Å². The van der Waals surface area contributed by atoms with Crippen LogP contribution >= 0.6 is 11.3 Å². The van der Waals surface area contributed by atoms with E-state index in [0.29, 0.717) is 57.4 Å². The van der Waals surface area contributed by atoms with E-state index in [1.165, 1.54) is 23.7 Å². The minimum Gasteiger partial charge on any atom is -0.345 e. The molecule has 1 aromatic carbocycles. The predicted octanol–water partition coefficient (Wildman–Crippen LogP) is 4.77. The van der Waals surface area contributed by atoms with Crippen molar-refractivity contribution in [2.45, 2.75) is 49.8 Å². The minimum absolute atomic E-state index is 0.201. The van der Waals surface area contributed by atoms with Gasteiger partial charge in [0, 0.05) is 36.6 Å². The summed E-state index contributed by atoms with van der Waals surface area (Å²) in [6.07, 6.45) is 4.56. The van der Waals surface area contributed by atoms with E-state index in [9.17, 15) is 22.0 Å². The van der Waals surface area contributed by atoms with Gasteiger partial charge in [0.1, 0.15) is 11.2 Å². The molecule has 1 atom stereocenters. The van der Waals surface area contributed by atoms with E-state index in [1.807, 2.05) is 6.07 Å². The van der Waals surface area contributed by atoms with E-state index in [0.717, 1.165) is 18.4 Å². The molecule has 0 bridgehead atoms. The molecule has 198 valence electrons. The highest BCUT2D eigenvalue weighted by molar-refractivity contribution is 7.93. The molecule has 2 fully saturated rings. The number of nitrogens with zero attached hydrogens (tertiary/aromatic N) is 4. The molecule has 2 aliphatic rings. The largest absolute Gasteiger partial charge is 0.345 e. The quantitative estimate of drug-likeness (QED) is 0.321. The number of anilines is 1. The average Bonchev–Trinajstić information content (AvgIpc) is 3.29. The van der Waals surface area contributed by atoms with Crippen molar-refractivity contribution in [2.24, 2.45) is 0 Å². The van der Waals surface area contributed by atoms with Gasteiger partial charge in [-0.05, 0) is 43.4 Å². The number of halogens is 2. The van der Waals surface area contributed by atoms with E-state index < -0.39 is 22.9 Å². The third-order valence-corrected chi connectivity index (χ3v) is 9.66. The maximum atomic E-state index is 13.5. The van der Waals surface area contributed by atoms with Crippen molar-refractivity contribution in [3.05, 3.63) is 59.0 Å². The van der Waals surface area contributed by atoms with Gasteiger partial charge in [-0.3, -0.25) is 9.52 Å². The molecule has 0 spiro atoms. The number of rotatable bonds is 8. The maximum Gasteiger partial charge on any atom is 0.283 e. The monoisotopic (exact) mass is 558 g/mol. The summed E-state index contributed by atoms with van der Waals surface area (Å²) in [7, 11) is -3.38. The fourth-order valence-corrected chi connectivity index (χ4v) is 6.99. The molecule has 1 saturated carbocycles. The smallest absolute Gasteiger partial charge is 0.283 e. The highest BCUT2D eigenvalue weighted by Crippen LogP contribution is 2.36. The number of amides is 1. The number of likely N-dealkylation sites (tertiary alicyclic amines) is 1. The zero-order valence-corrected chi connectivity index (χ0v) is 21.7. The fraction of sp³-hybridized carbons (Fsp3) is 0.360. The van der Waals surface area contributed by atoms with Gasteiger partial charge in [-0.2, -0.15) is 0 Å². The van der Waals surface area contributed by atoms with Crippen LogP contribution in [0.15, 0.2) is 42.9 Å². The second kappa shape index (κ2) is 9.70. The number of aromatic amines is 1. The number of fused-ring (bicyclic) bond motifs is 1. The van der Waals surface area contributed by atoms with Gasteiger partial charge in [0.05, 0.1) is 22.4 Å². The van der Waals surface area contributed by atoms with Gasteiger partial charge in [0.25, 0.3) is 5.91 Å². The zero-order chi connectivity index (χ0) is 26.4. The molecular weight excluding hydrogens is 534 g/mol. The Morgan fingerprint density at radius 1 is 1.21 bits per heavy atom. The molecule has 13 heteroatoms. The van der Waals surface area contributed by atoms with E-state index >= 15 is 0 Å². The van der Waals surface area contributed by atoms with Gasteiger partial charge in [-0.25, -0.2) is 32.2 Å². The van der Waals surface area contributed by atoms with Gasteiger partial charge in [-0.1, -0.05) is 12.1 Å². The summed E-state index contributed by atoms with van der Waals surface area (Å²) in [6, 6.07) is 7.00. The van der Waals surface area contributed by atoms with Crippen LogP contribution in [0.4, 0.5) is 14.5 Å². The molecule has 1 aliphatic carbocycles. The summed E-state index contributed by atoms with van der Waals surface area (Å²) in [6.45, 7) is 0.558. The Balaban J connectivity index is 1.22. The molecule has 3 aromatic heterocycles. The summed E-state index contributed by atoms with van der Waals surface area (Å²) in [5.41, 5.74) is 2.99. The number of benzene rings is 1. The fourth-order valence-electron chi connectivity index (χ4n) is 4.79. The third kappa shape index (κ3) is 4.87. The van der Waals surface area contributed by atoms with Crippen molar-refractivity contribution in [3.8, 4) is 10.6 Å². The summed E-state index contributed by atoms with van der Waals surface area (Å²) in [4.78, 5) is 31.8. The van der Waals surface area contributed by atoms with Crippen LogP contribution in [0.5, 0.6) is 0 Å². The van der Waals surface area contributed by atoms with Gasteiger partial charge in [-0.15, -0.1) is 11.3 Å². The van der Waals surface area contributed by atoms with Gasteiger partial charge < -0.3 is 9.88 Å². The lowest BCUT2D eigenvalue weighted by atomic mass is 10.0. The number of alkyl halides is 2. The summed E-state index contributed by atoms with van der Waals surface area (Å²) >= 11 is 1.18. The summed E-state index contributed by atoms with van der Waals surface area (Å²) in [5.74, 6) is -0.221. The van der Waals surface area contributed by atoms with Gasteiger partial charge in [0.2, 0.25) is 16.4 Å². The molecular formula is C25H24F2N6O3S2. The Hall–Kier alpha value is -3.45. The molecule has 38 heavy (non-hydrogen) atoms. The lowest BCUT2D eigenvalue weighted by Gasteiger charge is -2.24. The van der Waals surface area contributed by atoms with Crippen molar-refractivity contribution in [3.63, 3.8) is 0 Å². The van der Waals surface area contributed by atoms with Crippen LogP contribution in [0.3, 0.4) is 0 Å². The number of hydrogen-bond donors (Lipinski definition) is 2. The second-order valence-corrected chi connectivity index (χ2v) is 12.5. The summed E-state index contributed by atoms with van der Waals surface area (Å²) in [5, 5.41) is -0.0328. The Labute approximate surface area is 221 Å². The molecule has 9 nitrogen and oxygen atoms in total. The molecule has 2 N–H and O–H groups in total. The van der Waals surface area contributed by atoms with Crippen molar-refractivity contribution in [2.75, 3.05) is 11.3 Å². The second-order valence-electron chi connectivity index (χ2n) is 9.52. The zero-order valence-electron chi connectivity index (χ0n) is 20.1. The molecule has 0 radical (unpaired) electrons. The molecule has 6 rings (SSSR count). The van der Waals surface area contributed by atoms with E-state index in [1.54, 1.807) is 29.3 Å². The van der Waals surface area contributed by atoms with Crippen molar-refractivity contribution < 1.29 is 22.0 Å². The molecule has 4 aromatic rings. The highest BCUT2D eigenvalue weighted by Gasteiger charge is 2.36. The molecule has 4 heterocycles. The SMILES string of the molecule is O=C(c1ncc(-c2cnc3[nH]cc(CC(F)F)c3n2)s1)N1CCCC1c1cccc(NS(=O)(=O)C2CC2)c1. The minimum atomic E-state index is -3.38. The Bertz CT molecular complexity index is 1620. The first kappa shape index (κ1) is 24.9. The number of carbonyl (C=O) groups excluding carboxylic acids is 1. The first-order valence-corrected chi connectivity index (χ1v) is 14.6. The first-order valence-electron chi connectivity index (χ1n) is 12.3. The van der Waals surface area contributed by atoms with E-state index in [-0.39, 0.29) is 17.2 Å². The number of H-pyrrole nitrogens is 1. The topological polar surface area (TPSA) is 121 Å². The van der Waals surface area contributed by atoms with Crippen LogP contribution in [-0.2, 0) is 16.4 Å². The van der Waals surface area contributed by atoms with Crippen molar-refractivity contribution in [1.82, 2.24) is 24.8 Å². The Morgan fingerprint density at radius 3 is 2.84 bits per heavy atom. The standard InChI is InChI=1S/C25H24F2N6O3S2/c26-21(27)10-15-11-28-23-22(15)31-18(12-29-23)20-13-30-24(37-20)25(34)33-8-2-5-19(33)14-3-1-4-16(9-14)32-38(35,36)17-6-7-17/h1,3-4,9,11-13,17,19,21,32H,2,5-8,10H2,(H,28,29). The number of nitrogens with one attached hydrogen (secondary N) is 2. The number of hydrogen-bond acceptors (Lipinski definition) is 7. The average molecular weight is 559 g/mol. The Kier molecular flexibility index (Phi) is 6.34. The third-order valence-electron chi connectivity index (χ3n) is 6.78. The highest BCUT2D eigenvalue weighted by atomic mass is 32.2. The van der Waals surface area contributed by atoms with Gasteiger partial charge >= 0.3 is 0 Å². The maximum absolute atomic E-state index is 13.5. The van der Waals surface area contributed by atoms with Crippen LogP contribution < -0.4 is 4.72 Å². The number of sulfonamides is 1. The van der Waals surface area contributed by atoms with Crippen LogP contribution in [0.25, 0.3) is 21.7 Å². The lowest BCUT2D eigenvalue weighted by molar-refractivity contribution is 0.0735. The van der Waals surface area contributed by atoms with Crippen LogP contribution in [0, 0.1) is 0 Å². The molecule has 1 aliphatic heterocycles. The number of aromatic nitrogens is 4. The first-order chi connectivity index (χ1) is 18.3. The van der Waals surface area contributed by atoms with E-state index in [4.69, 9.17) is 0 Å². The molecule has 1 saturated heterocycles. The van der Waals surface area contributed by atoms with Crippen LogP contribution in [0.1, 0.15) is 52.7 Å². The number of thiazole rings is 1. The predicted molar refractivity (Wildman–Crippen MR) is 140 cm³/mol. The van der Waals surface area contributed by atoms with Crippen LogP contribution in [0.2, 0.25) is 0 Å². The Morgan fingerprint density at radius 2 is 2.05 bits per heavy atom.